The predicted octanol–water partition coefficient (Wildman–Crippen LogP) is 2.53. The van der Waals surface area contributed by atoms with Crippen molar-refractivity contribution in [3.63, 3.8) is 0 Å². The van der Waals surface area contributed by atoms with Crippen LogP contribution in [0.5, 0.6) is 5.75 Å². The van der Waals surface area contributed by atoms with E-state index in [4.69, 9.17) is 10.5 Å². The quantitative estimate of drug-likeness (QED) is 0.907. The van der Waals surface area contributed by atoms with Crippen molar-refractivity contribution in [3.8, 4) is 5.75 Å². The summed E-state index contributed by atoms with van der Waals surface area (Å²) in [6, 6.07) is 3.79. The maximum absolute atomic E-state index is 12.0. The Kier molecular flexibility index (Phi) is 4.24. The molecule has 2 rings (SSSR count). The number of nitrogens with zero attached hydrogens (tertiary/aromatic N) is 1. The first-order valence-corrected chi connectivity index (χ1v) is 7.03. The summed E-state index contributed by atoms with van der Waals surface area (Å²) in [5, 5.41) is 5.14. The molecule has 0 fully saturated rings. The Labute approximate surface area is 121 Å². The highest BCUT2D eigenvalue weighted by atomic mass is 32.1. The molecule has 20 heavy (non-hydrogen) atoms. The fourth-order valence-corrected chi connectivity index (χ4v) is 2.60. The molecule has 5 nitrogen and oxygen atoms in total. The van der Waals surface area contributed by atoms with Gasteiger partial charge in [-0.05, 0) is 25.5 Å². The van der Waals surface area contributed by atoms with Gasteiger partial charge in [0, 0.05) is 16.6 Å². The van der Waals surface area contributed by atoms with Crippen molar-refractivity contribution in [2.45, 2.75) is 20.3 Å². The van der Waals surface area contributed by atoms with Crippen LogP contribution >= 0.6 is 11.3 Å². The minimum Gasteiger partial charge on any atom is -0.496 e. The summed E-state index contributed by atoms with van der Waals surface area (Å²) in [5.41, 5.74) is 8.93. The zero-order valence-electron chi connectivity index (χ0n) is 11.7. The number of nitrogens with one attached hydrogen (secondary N) is 1. The van der Waals surface area contributed by atoms with Gasteiger partial charge in [0.1, 0.15) is 5.75 Å². The van der Waals surface area contributed by atoms with Gasteiger partial charge in [-0.2, -0.15) is 0 Å². The van der Waals surface area contributed by atoms with E-state index in [9.17, 15) is 4.79 Å². The second-order valence-electron chi connectivity index (χ2n) is 4.49. The lowest BCUT2D eigenvalue weighted by Crippen LogP contribution is -2.15. The largest absolute Gasteiger partial charge is 0.496 e. The molecule has 1 aromatic heterocycles. The van der Waals surface area contributed by atoms with Crippen LogP contribution in [-0.4, -0.2) is 18.0 Å². The van der Waals surface area contributed by atoms with Crippen LogP contribution in [0.4, 0.5) is 10.8 Å². The number of hydrogen-bond acceptors (Lipinski definition) is 5. The molecule has 0 aliphatic heterocycles. The van der Waals surface area contributed by atoms with Crippen molar-refractivity contribution in [1.29, 1.82) is 0 Å². The Morgan fingerprint density at radius 2 is 2.20 bits per heavy atom. The fraction of sp³-hybridized carbons (Fsp3) is 0.286. The number of nitrogen functional groups attached to an aromatic ring is 1. The number of rotatable bonds is 4. The van der Waals surface area contributed by atoms with Gasteiger partial charge in [-0.15, -0.1) is 11.3 Å². The topological polar surface area (TPSA) is 77.2 Å². The lowest BCUT2D eigenvalue weighted by molar-refractivity contribution is -0.115. The molecule has 0 bridgehead atoms. The van der Waals surface area contributed by atoms with E-state index in [1.165, 1.54) is 11.3 Å². The Morgan fingerprint density at radius 3 is 2.80 bits per heavy atom. The molecule has 0 atom stereocenters. The number of methoxy groups -OCH3 is 1. The normalized spacial score (nSPS) is 10.3. The first-order chi connectivity index (χ1) is 9.51. The molecule has 0 unspecified atom stereocenters. The minimum absolute atomic E-state index is 0.121. The molecular weight excluding hydrogens is 274 g/mol. The smallest absolute Gasteiger partial charge is 0.230 e. The van der Waals surface area contributed by atoms with Crippen molar-refractivity contribution in [2.75, 3.05) is 18.2 Å². The third-order valence-corrected chi connectivity index (χ3v) is 3.71. The molecule has 0 aliphatic carbocycles. The van der Waals surface area contributed by atoms with Crippen LogP contribution in [0.15, 0.2) is 17.5 Å². The highest BCUT2D eigenvalue weighted by Gasteiger charge is 2.12. The second-order valence-corrected chi connectivity index (χ2v) is 5.38. The number of benzene rings is 1. The Balaban J connectivity index is 2.12. The molecule has 106 valence electrons. The maximum atomic E-state index is 12.0. The highest BCUT2D eigenvalue weighted by Crippen LogP contribution is 2.29. The van der Waals surface area contributed by atoms with E-state index in [-0.39, 0.29) is 12.3 Å². The molecular formula is C14H17N3O2S. The van der Waals surface area contributed by atoms with Gasteiger partial charge in [-0.3, -0.25) is 4.79 Å². The molecule has 1 amide bonds. The number of carbonyl (C=O) groups excluding carboxylic acids is 1. The number of thiazole rings is 1. The van der Waals surface area contributed by atoms with Gasteiger partial charge in [0.25, 0.3) is 0 Å². The van der Waals surface area contributed by atoms with Crippen LogP contribution in [-0.2, 0) is 11.2 Å². The molecule has 0 aliphatic rings. The Hall–Kier alpha value is -2.08. The average Bonchev–Trinajstić information content (AvgIpc) is 2.79. The first kappa shape index (κ1) is 14.3. The van der Waals surface area contributed by atoms with Gasteiger partial charge in [-0.1, -0.05) is 6.07 Å². The number of aryl methyl sites for hydroxylation is 1. The highest BCUT2D eigenvalue weighted by molar-refractivity contribution is 7.13. The first-order valence-electron chi connectivity index (χ1n) is 6.15. The van der Waals surface area contributed by atoms with Crippen molar-refractivity contribution < 1.29 is 9.53 Å². The van der Waals surface area contributed by atoms with Crippen LogP contribution in [0.3, 0.4) is 0 Å². The van der Waals surface area contributed by atoms with Gasteiger partial charge in [0.15, 0.2) is 5.13 Å². The van der Waals surface area contributed by atoms with E-state index in [1.54, 1.807) is 12.5 Å². The summed E-state index contributed by atoms with van der Waals surface area (Å²) in [5.74, 6) is 0.671. The molecule has 0 saturated carbocycles. The van der Waals surface area contributed by atoms with E-state index >= 15 is 0 Å². The van der Waals surface area contributed by atoms with Crippen LogP contribution in [0, 0.1) is 13.8 Å². The summed E-state index contributed by atoms with van der Waals surface area (Å²) in [4.78, 5) is 16.1. The minimum atomic E-state index is -0.121. The zero-order valence-corrected chi connectivity index (χ0v) is 12.5. The van der Waals surface area contributed by atoms with E-state index in [1.807, 2.05) is 26.0 Å². The van der Waals surface area contributed by atoms with E-state index < -0.39 is 0 Å². The van der Waals surface area contributed by atoms with Gasteiger partial charge in [0.05, 0.1) is 19.2 Å². The molecule has 1 aromatic carbocycles. The SMILES string of the molecule is COc1c(C)ccc(NC(=O)Cc2csc(N)n2)c1C. The van der Waals surface area contributed by atoms with Crippen molar-refractivity contribution in [3.05, 3.63) is 34.3 Å². The Morgan fingerprint density at radius 1 is 1.45 bits per heavy atom. The van der Waals surface area contributed by atoms with Crippen molar-refractivity contribution >= 4 is 28.1 Å². The standard InChI is InChI=1S/C14H17N3O2S/c1-8-4-5-11(9(2)13(8)19-3)17-12(18)6-10-7-20-14(15)16-10/h4-5,7H,6H2,1-3H3,(H2,15,16)(H,17,18). The van der Waals surface area contributed by atoms with Crippen LogP contribution in [0.1, 0.15) is 16.8 Å². The summed E-state index contributed by atoms with van der Waals surface area (Å²) >= 11 is 1.33. The van der Waals surface area contributed by atoms with Gasteiger partial charge < -0.3 is 15.8 Å². The summed E-state index contributed by atoms with van der Waals surface area (Å²) < 4.78 is 5.34. The fourth-order valence-electron chi connectivity index (χ4n) is 2.04. The number of nitrogens with two attached hydrogens (primary N) is 1. The summed E-state index contributed by atoms with van der Waals surface area (Å²) in [6.07, 6.45) is 0.212. The third-order valence-electron chi connectivity index (χ3n) is 2.99. The molecule has 0 spiro atoms. The molecule has 2 aromatic rings. The summed E-state index contributed by atoms with van der Waals surface area (Å²) in [6.45, 7) is 3.89. The number of amides is 1. The number of aromatic nitrogens is 1. The molecule has 6 heteroatoms. The Bertz CT molecular complexity index is 637. The monoisotopic (exact) mass is 291 g/mol. The molecule has 0 saturated heterocycles. The van der Waals surface area contributed by atoms with Gasteiger partial charge >= 0.3 is 0 Å². The van der Waals surface area contributed by atoms with Crippen LogP contribution < -0.4 is 15.8 Å². The molecule has 3 N–H and O–H groups in total. The maximum Gasteiger partial charge on any atom is 0.230 e. The molecule has 1 heterocycles. The lowest BCUT2D eigenvalue weighted by Gasteiger charge is -2.13. The van der Waals surface area contributed by atoms with Gasteiger partial charge in [0.2, 0.25) is 5.91 Å². The van der Waals surface area contributed by atoms with Crippen molar-refractivity contribution in [1.82, 2.24) is 4.98 Å². The number of anilines is 2. The number of carbonyl (C=O) groups is 1. The zero-order chi connectivity index (χ0) is 14.7. The third kappa shape index (κ3) is 3.08. The van der Waals surface area contributed by atoms with E-state index in [0.29, 0.717) is 10.8 Å². The number of hydrogen-bond donors (Lipinski definition) is 2. The van der Waals surface area contributed by atoms with Crippen LogP contribution in [0.25, 0.3) is 0 Å². The van der Waals surface area contributed by atoms with Gasteiger partial charge in [-0.25, -0.2) is 4.98 Å². The predicted molar refractivity (Wildman–Crippen MR) is 81.3 cm³/mol. The average molecular weight is 291 g/mol. The lowest BCUT2D eigenvalue weighted by atomic mass is 10.1. The van der Waals surface area contributed by atoms with E-state index in [0.717, 1.165) is 22.6 Å². The van der Waals surface area contributed by atoms with E-state index in [2.05, 4.69) is 10.3 Å². The van der Waals surface area contributed by atoms with Crippen molar-refractivity contribution in [2.24, 2.45) is 0 Å². The summed E-state index contributed by atoms with van der Waals surface area (Å²) in [7, 11) is 1.62. The number of ether oxygens (including phenoxy) is 1. The van der Waals surface area contributed by atoms with Crippen LogP contribution in [0.2, 0.25) is 0 Å². The second kappa shape index (κ2) is 5.92. The molecule has 0 radical (unpaired) electrons.